The summed E-state index contributed by atoms with van der Waals surface area (Å²) in [5.74, 6) is -0.00826. The minimum absolute atomic E-state index is 0.0299. The molecular formula is C15H29NO3. The van der Waals surface area contributed by atoms with E-state index < -0.39 is 6.10 Å². The zero-order chi connectivity index (χ0) is 14.3. The molecule has 0 bridgehead atoms. The van der Waals surface area contributed by atoms with E-state index >= 15 is 0 Å². The van der Waals surface area contributed by atoms with Crippen molar-refractivity contribution in [1.29, 1.82) is 0 Å². The zero-order valence-corrected chi connectivity index (χ0v) is 12.5. The Bertz CT molecular complexity index is 262. The number of carbonyl (C=O) groups excluding carboxylic acids is 1. The van der Waals surface area contributed by atoms with Crippen molar-refractivity contribution in [2.24, 2.45) is 5.92 Å². The fraction of sp³-hybridized carbons (Fsp3) is 0.933. The van der Waals surface area contributed by atoms with Crippen molar-refractivity contribution in [3.8, 4) is 0 Å². The number of carbonyl (C=O) groups is 1. The standard InChI is InChI=1S/C15H29NO3/c1-11(10-17)12(2)16-15(18)13(3)19-14-8-6-4-5-7-9-14/h11-14,17H,4-10H2,1-3H3,(H,16,18). The molecule has 1 fully saturated rings. The summed E-state index contributed by atoms with van der Waals surface area (Å²) in [4.78, 5) is 12.0. The van der Waals surface area contributed by atoms with Crippen LogP contribution in [0.25, 0.3) is 0 Å². The summed E-state index contributed by atoms with van der Waals surface area (Å²) >= 11 is 0. The minimum atomic E-state index is -0.406. The molecule has 0 aliphatic heterocycles. The van der Waals surface area contributed by atoms with E-state index in [9.17, 15) is 4.79 Å². The van der Waals surface area contributed by atoms with Crippen LogP contribution in [0.1, 0.15) is 59.3 Å². The SMILES string of the molecule is CC(OC1CCCCCC1)C(=O)NC(C)C(C)CO. The Morgan fingerprint density at radius 2 is 1.79 bits per heavy atom. The molecule has 1 amide bonds. The van der Waals surface area contributed by atoms with Gasteiger partial charge < -0.3 is 15.2 Å². The van der Waals surface area contributed by atoms with Crippen LogP contribution in [0.15, 0.2) is 0 Å². The highest BCUT2D eigenvalue weighted by Crippen LogP contribution is 2.21. The van der Waals surface area contributed by atoms with E-state index in [-0.39, 0.29) is 30.6 Å². The number of hydrogen-bond acceptors (Lipinski definition) is 3. The molecule has 1 aliphatic rings. The van der Waals surface area contributed by atoms with E-state index in [2.05, 4.69) is 5.32 Å². The van der Waals surface area contributed by atoms with Crippen molar-refractivity contribution in [2.75, 3.05) is 6.61 Å². The molecule has 0 aromatic heterocycles. The maximum Gasteiger partial charge on any atom is 0.249 e. The van der Waals surface area contributed by atoms with Crippen LogP contribution in [0.5, 0.6) is 0 Å². The highest BCUT2D eigenvalue weighted by atomic mass is 16.5. The first-order chi connectivity index (χ1) is 9.04. The van der Waals surface area contributed by atoms with Crippen LogP contribution < -0.4 is 5.32 Å². The molecule has 3 unspecified atom stereocenters. The summed E-state index contributed by atoms with van der Waals surface area (Å²) in [7, 11) is 0. The fourth-order valence-electron chi connectivity index (χ4n) is 2.37. The number of aliphatic hydroxyl groups excluding tert-OH is 1. The third kappa shape index (κ3) is 5.91. The van der Waals surface area contributed by atoms with Gasteiger partial charge in [-0.05, 0) is 32.6 Å². The number of rotatable bonds is 6. The average Bonchev–Trinajstić information content (AvgIpc) is 2.66. The van der Waals surface area contributed by atoms with Gasteiger partial charge in [0.25, 0.3) is 0 Å². The first-order valence-electron chi connectivity index (χ1n) is 7.61. The molecule has 4 nitrogen and oxygen atoms in total. The highest BCUT2D eigenvalue weighted by molar-refractivity contribution is 5.80. The van der Waals surface area contributed by atoms with Gasteiger partial charge in [-0.1, -0.05) is 32.6 Å². The Morgan fingerprint density at radius 3 is 2.32 bits per heavy atom. The van der Waals surface area contributed by atoms with E-state index in [0.717, 1.165) is 12.8 Å². The molecule has 1 saturated carbocycles. The molecule has 3 atom stereocenters. The minimum Gasteiger partial charge on any atom is -0.396 e. The Morgan fingerprint density at radius 1 is 1.21 bits per heavy atom. The largest absolute Gasteiger partial charge is 0.396 e. The van der Waals surface area contributed by atoms with Gasteiger partial charge in [-0.15, -0.1) is 0 Å². The lowest BCUT2D eigenvalue weighted by molar-refractivity contribution is -0.136. The smallest absolute Gasteiger partial charge is 0.249 e. The molecule has 0 aromatic carbocycles. The van der Waals surface area contributed by atoms with Crippen LogP contribution in [-0.2, 0) is 9.53 Å². The summed E-state index contributed by atoms with van der Waals surface area (Å²) in [5.41, 5.74) is 0. The van der Waals surface area contributed by atoms with Crippen molar-refractivity contribution in [3.63, 3.8) is 0 Å². The fourth-order valence-corrected chi connectivity index (χ4v) is 2.37. The summed E-state index contributed by atoms with van der Waals surface area (Å²) in [6.45, 7) is 5.73. The third-order valence-electron chi connectivity index (χ3n) is 4.08. The number of hydrogen-bond donors (Lipinski definition) is 2. The number of nitrogens with one attached hydrogen (secondary N) is 1. The highest BCUT2D eigenvalue weighted by Gasteiger charge is 2.22. The topological polar surface area (TPSA) is 58.6 Å². The molecule has 1 aliphatic carbocycles. The normalized spacial score (nSPS) is 22.3. The van der Waals surface area contributed by atoms with Crippen molar-refractivity contribution in [2.45, 2.75) is 77.5 Å². The second-order valence-electron chi connectivity index (χ2n) is 5.85. The number of aliphatic hydroxyl groups is 1. The Balaban J connectivity index is 2.34. The monoisotopic (exact) mass is 271 g/mol. The van der Waals surface area contributed by atoms with Crippen LogP contribution in [-0.4, -0.2) is 35.9 Å². The van der Waals surface area contributed by atoms with Gasteiger partial charge in [0.1, 0.15) is 6.10 Å². The van der Waals surface area contributed by atoms with Gasteiger partial charge in [-0.25, -0.2) is 0 Å². The van der Waals surface area contributed by atoms with Crippen LogP contribution in [0.2, 0.25) is 0 Å². The van der Waals surface area contributed by atoms with Crippen molar-refractivity contribution < 1.29 is 14.6 Å². The van der Waals surface area contributed by atoms with Gasteiger partial charge in [0, 0.05) is 12.6 Å². The van der Waals surface area contributed by atoms with Crippen molar-refractivity contribution >= 4 is 5.91 Å². The van der Waals surface area contributed by atoms with Crippen LogP contribution in [0, 0.1) is 5.92 Å². The van der Waals surface area contributed by atoms with E-state index in [4.69, 9.17) is 9.84 Å². The van der Waals surface area contributed by atoms with Crippen molar-refractivity contribution in [3.05, 3.63) is 0 Å². The molecule has 0 aromatic rings. The lowest BCUT2D eigenvalue weighted by atomic mass is 10.1. The van der Waals surface area contributed by atoms with Gasteiger partial charge in [0.05, 0.1) is 6.10 Å². The Hall–Kier alpha value is -0.610. The number of ether oxygens (including phenoxy) is 1. The lowest BCUT2D eigenvalue weighted by Crippen LogP contribution is -2.44. The Labute approximate surface area is 116 Å². The van der Waals surface area contributed by atoms with E-state index in [1.807, 2.05) is 20.8 Å². The van der Waals surface area contributed by atoms with Gasteiger partial charge in [0.2, 0.25) is 5.91 Å². The molecule has 0 saturated heterocycles. The molecule has 112 valence electrons. The molecule has 0 heterocycles. The van der Waals surface area contributed by atoms with E-state index in [1.165, 1.54) is 25.7 Å². The second-order valence-corrected chi connectivity index (χ2v) is 5.85. The predicted octanol–water partition coefficient (Wildman–Crippen LogP) is 2.25. The summed E-state index contributed by atoms with van der Waals surface area (Å²) < 4.78 is 5.87. The van der Waals surface area contributed by atoms with Crippen molar-refractivity contribution in [1.82, 2.24) is 5.32 Å². The predicted molar refractivity (Wildman–Crippen MR) is 75.9 cm³/mol. The maximum atomic E-state index is 12.0. The van der Waals surface area contributed by atoms with E-state index in [1.54, 1.807) is 0 Å². The van der Waals surface area contributed by atoms with Gasteiger partial charge >= 0.3 is 0 Å². The Kier molecular flexibility index (Phi) is 7.39. The van der Waals surface area contributed by atoms with Crippen LogP contribution in [0.4, 0.5) is 0 Å². The molecular weight excluding hydrogens is 242 g/mol. The van der Waals surface area contributed by atoms with Gasteiger partial charge in [-0.3, -0.25) is 4.79 Å². The number of amides is 1. The van der Waals surface area contributed by atoms with Gasteiger partial charge in [-0.2, -0.15) is 0 Å². The lowest BCUT2D eigenvalue weighted by Gasteiger charge is -2.24. The molecule has 4 heteroatoms. The first-order valence-corrected chi connectivity index (χ1v) is 7.61. The molecule has 1 rings (SSSR count). The molecule has 0 spiro atoms. The quantitative estimate of drug-likeness (QED) is 0.728. The molecule has 0 radical (unpaired) electrons. The summed E-state index contributed by atoms with van der Waals surface area (Å²) in [6, 6.07) is -0.0299. The van der Waals surface area contributed by atoms with Gasteiger partial charge in [0.15, 0.2) is 0 Å². The maximum absolute atomic E-state index is 12.0. The second kappa shape index (κ2) is 8.54. The average molecular weight is 271 g/mol. The van der Waals surface area contributed by atoms with E-state index in [0.29, 0.717) is 0 Å². The van der Waals surface area contributed by atoms with Crippen LogP contribution in [0.3, 0.4) is 0 Å². The third-order valence-corrected chi connectivity index (χ3v) is 4.08. The zero-order valence-electron chi connectivity index (χ0n) is 12.5. The van der Waals surface area contributed by atoms with Crippen LogP contribution >= 0.6 is 0 Å². The summed E-state index contributed by atoms with van der Waals surface area (Å²) in [5, 5.41) is 12.0. The first kappa shape index (κ1) is 16.4. The molecule has 19 heavy (non-hydrogen) atoms. The molecule has 2 N–H and O–H groups in total. The summed E-state index contributed by atoms with van der Waals surface area (Å²) in [6.07, 6.45) is 6.94.